The molecule has 3 rings (SSSR count). The van der Waals surface area contributed by atoms with Crippen LogP contribution in [-0.4, -0.2) is 25.0 Å². The monoisotopic (exact) mass is 398 g/mol. The van der Waals surface area contributed by atoms with Gasteiger partial charge < -0.3 is 20.2 Å². The average molecular weight is 398 g/mol. The molecular formula is C21H19FN2O5. The number of ether oxygens (including phenoxy) is 1. The maximum atomic E-state index is 13.0. The molecule has 2 amide bonds. The molecule has 0 aliphatic carbocycles. The van der Waals surface area contributed by atoms with Gasteiger partial charge in [0.15, 0.2) is 0 Å². The lowest BCUT2D eigenvalue weighted by molar-refractivity contribution is -0.126. The van der Waals surface area contributed by atoms with Crippen molar-refractivity contribution in [3.8, 4) is 5.75 Å². The summed E-state index contributed by atoms with van der Waals surface area (Å²) in [6.45, 7) is 0. The van der Waals surface area contributed by atoms with Crippen LogP contribution in [0.2, 0.25) is 0 Å². The number of methoxy groups -OCH3 is 1. The van der Waals surface area contributed by atoms with E-state index in [0.717, 1.165) is 0 Å². The highest BCUT2D eigenvalue weighted by Gasteiger charge is 2.21. The number of benzene rings is 2. The SMILES string of the molecule is COc1ccc2c(C[C@@H](NC(=O)Cc3ccc(F)cc3)C(N)=O)cc(=O)oc2c1. The first-order valence-corrected chi connectivity index (χ1v) is 8.79. The number of rotatable bonds is 7. The number of halogens is 1. The van der Waals surface area contributed by atoms with Gasteiger partial charge in [0.1, 0.15) is 23.2 Å². The third-order valence-corrected chi connectivity index (χ3v) is 4.42. The molecule has 1 heterocycles. The summed E-state index contributed by atoms with van der Waals surface area (Å²) in [6, 6.07) is 10.6. The molecule has 3 N–H and O–H groups in total. The molecule has 0 aliphatic rings. The van der Waals surface area contributed by atoms with E-state index in [1.54, 1.807) is 18.2 Å². The van der Waals surface area contributed by atoms with Crippen molar-refractivity contribution >= 4 is 22.8 Å². The van der Waals surface area contributed by atoms with Gasteiger partial charge in [0, 0.05) is 23.9 Å². The minimum Gasteiger partial charge on any atom is -0.497 e. The van der Waals surface area contributed by atoms with Crippen molar-refractivity contribution < 1.29 is 23.1 Å². The van der Waals surface area contributed by atoms with E-state index in [4.69, 9.17) is 14.9 Å². The Labute approximate surface area is 165 Å². The van der Waals surface area contributed by atoms with Crippen molar-refractivity contribution in [2.45, 2.75) is 18.9 Å². The minimum atomic E-state index is -1.03. The van der Waals surface area contributed by atoms with Crippen LogP contribution in [-0.2, 0) is 22.4 Å². The van der Waals surface area contributed by atoms with E-state index in [2.05, 4.69) is 5.32 Å². The van der Waals surface area contributed by atoms with Crippen LogP contribution in [0.5, 0.6) is 5.75 Å². The molecule has 29 heavy (non-hydrogen) atoms. The molecule has 7 nitrogen and oxygen atoms in total. The van der Waals surface area contributed by atoms with Gasteiger partial charge in [0.05, 0.1) is 13.5 Å². The maximum Gasteiger partial charge on any atom is 0.336 e. The summed E-state index contributed by atoms with van der Waals surface area (Å²) in [6.07, 6.45) is -0.0299. The Kier molecular flexibility index (Phi) is 5.92. The summed E-state index contributed by atoms with van der Waals surface area (Å²) in [7, 11) is 1.49. The highest BCUT2D eigenvalue weighted by Crippen LogP contribution is 2.23. The van der Waals surface area contributed by atoms with Crippen molar-refractivity contribution in [2.75, 3.05) is 7.11 Å². The molecule has 0 saturated heterocycles. The number of carbonyl (C=O) groups is 2. The molecule has 0 unspecified atom stereocenters. The summed E-state index contributed by atoms with van der Waals surface area (Å²) in [5, 5.41) is 3.17. The Morgan fingerprint density at radius 3 is 2.55 bits per heavy atom. The fourth-order valence-corrected chi connectivity index (χ4v) is 2.98. The fourth-order valence-electron chi connectivity index (χ4n) is 2.98. The summed E-state index contributed by atoms with van der Waals surface area (Å²) in [5.74, 6) is -1.09. The van der Waals surface area contributed by atoms with Crippen LogP contribution in [0.25, 0.3) is 11.0 Å². The molecule has 150 valence electrons. The Hall–Kier alpha value is -3.68. The number of fused-ring (bicyclic) bond motifs is 1. The number of hydrogen-bond donors (Lipinski definition) is 2. The lowest BCUT2D eigenvalue weighted by Crippen LogP contribution is -2.46. The van der Waals surface area contributed by atoms with Crippen molar-refractivity contribution in [3.63, 3.8) is 0 Å². The first-order chi connectivity index (χ1) is 13.9. The molecule has 8 heteroatoms. The largest absolute Gasteiger partial charge is 0.497 e. The van der Waals surface area contributed by atoms with Gasteiger partial charge in [-0.15, -0.1) is 0 Å². The van der Waals surface area contributed by atoms with Gasteiger partial charge in [-0.1, -0.05) is 12.1 Å². The van der Waals surface area contributed by atoms with E-state index >= 15 is 0 Å². The lowest BCUT2D eigenvalue weighted by Gasteiger charge is -2.16. The predicted octanol–water partition coefficient (Wildman–Crippen LogP) is 1.70. The van der Waals surface area contributed by atoms with Crippen molar-refractivity contribution in [3.05, 3.63) is 75.9 Å². The van der Waals surface area contributed by atoms with Crippen LogP contribution in [0.15, 0.2) is 57.7 Å². The van der Waals surface area contributed by atoms with Gasteiger partial charge in [-0.05, 0) is 35.4 Å². The van der Waals surface area contributed by atoms with E-state index in [0.29, 0.717) is 27.8 Å². The molecule has 1 aromatic heterocycles. The smallest absolute Gasteiger partial charge is 0.336 e. The Morgan fingerprint density at radius 2 is 1.90 bits per heavy atom. The van der Waals surface area contributed by atoms with Gasteiger partial charge in [0.25, 0.3) is 0 Å². The third-order valence-electron chi connectivity index (χ3n) is 4.42. The second kappa shape index (κ2) is 8.55. The number of nitrogens with one attached hydrogen (secondary N) is 1. The lowest BCUT2D eigenvalue weighted by atomic mass is 10.0. The molecule has 0 radical (unpaired) electrons. The summed E-state index contributed by atoms with van der Waals surface area (Å²) in [4.78, 5) is 36.1. The number of nitrogens with two attached hydrogens (primary N) is 1. The summed E-state index contributed by atoms with van der Waals surface area (Å²) < 4.78 is 23.3. The van der Waals surface area contributed by atoms with Gasteiger partial charge in [0.2, 0.25) is 11.8 Å². The molecular weight excluding hydrogens is 379 g/mol. The molecule has 1 atom stereocenters. The first-order valence-electron chi connectivity index (χ1n) is 8.79. The second-order valence-corrected chi connectivity index (χ2v) is 6.48. The molecule has 0 spiro atoms. The van der Waals surface area contributed by atoms with E-state index < -0.39 is 29.3 Å². The molecule has 0 bridgehead atoms. The zero-order chi connectivity index (χ0) is 21.0. The maximum absolute atomic E-state index is 13.0. The number of amides is 2. The zero-order valence-corrected chi connectivity index (χ0v) is 15.6. The Bertz CT molecular complexity index is 1110. The summed E-state index contributed by atoms with van der Waals surface area (Å²) >= 11 is 0. The van der Waals surface area contributed by atoms with Crippen molar-refractivity contribution in [1.82, 2.24) is 5.32 Å². The molecule has 2 aromatic carbocycles. The van der Waals surface area contributed by atoms with Gasteiger partial charge in [-0.2, -0.15) is 0 Å². The van der Waals surface area contributed by atoms with Crippen LogP contribution in [0.3, 0.4) is 0 Å². The molecule has 0 aliphatic heterocycles. The Morgan fingerprint density at radius 1 is 1.17 bits per heavy atom. The van der Waals surface area contributed by atoms with Crippen LogP contribution in [0, 0.1) is 5.82 Å². The van der Waals surface area contributed by atoms with E-state index in [1.807, 2.05) is 0 Å². The topological polar surface area (TPSA) is 112 Å². The molecule has 0 saturated carbocycles. The minimum absolute atomic E-state index is 0.0128. The second-order valence-electron chi connectivity index (χ2n) is 6.48. The highest BCUT2D eigenvalue weighted by atomic mass is 19.1. The standard InChI is InChI=1S/C21H19FN2O5/c1-28-15-6-7-16-13(10-20(26)29-18(16)11-15)9-17(21(23)27)24-19(25)8-12-2-4-14(22)5-3-12/h2-7,10-11,17H,8-9H2,1H3,(H2,23,27)(H,24,25)/t17-/m1/s1. The number of carbonyl (C=O) groups excluding carboxylic acids is 2. The van der Waals surface area contributed by atoms with Crippen molar-refractivity contribution in [2.24, 2.45) is 5.73 Å². The van der Waals surface area contributed by atoms with Gasteiger partial charge >= 0.3 is 5.63 Å². The van der Waals surface area contributed by atoms with Gasteiger partial charge in [-0.3, -0.25) is 9.59 Å². The number of hydrogen-bond acceptors (Lipinski definition) is 5. The predicted molar refractivity (Wildman–Crippen MR) is 104 cm³/mol. The van der Waals surface area contributed by atoms with Crippen molar-refractivity contribution in [1.29, 1.82) is 0 Å². The Balaban J connectivity index is 1.81. The fraction of sp³-hybridized carbons (Fsp3) is 0.190. The summed E-state index contributed by atoms with van der Waals surface area (Å²) in [5.41, 5.74) is 6.24. The van der Waals surface area contributed by atoms with E-state index in [1.165, 1.54) is 37.4 Å². The van der Waals surface area contributed by atoms with Crippen LogP contribution in [0.1, 0.15) is 11.1 Å². The highest BCUT2D eigenvalue weighted by molar-refractivity contribution is 5.89. The third kappa shape index (κ3) is 4.98. The van der Waals surface area contributed by atoms with Gasteiger partial charge in [-0.25, -0.2) is 9.18 Å². The zero-order valence-electron chi connectivity index (χ0n) is 15.6. The number of primary amides is 1. The molecule has 3 aromatic rings. The average Bonchev–Trinajstić information content (AvgIpc) is 2.68. The van der Waals surface area contributed by atoms with Crippen LogP contribution < -0.4 is 21.4 Å². The van der Waals surface area contributed by atoms with Crippen LogP contribution in [0.4, 0.5) is 4.39 Å². The van der Waals surface area contributed by atoms with E-state index in [9.17, 15) is 18.8 Å². The van der Waals surface area contributed by atoms with E-state index in [-0.39, 0.29) is 12.8 Å². The quantitative estimate of drug-likeness (QED) is 0.589. The normalized spacial score (nSPS) is 11.8. The van der Waals surface area contributed by atoms with Crippen LogP contribution >= 0.6 is 0 Å². The first kappa shape index (κ1) is 20.1. The molecule has 0 fully saturated rings.